The Morgan fingerprint density at radius 1 is 1.00 bits per heavy atom. The lowest BCUT2D eigenvalue weighted by Gasteiger charge is -2.12. The molecule has 2 aromatic carbocycles. The molecule has 7 heteroatoms. The summed E-state index contributed by atoms with van der Waals surface area (Å²) in [5.74, 6) is 0.202. The molecule has 0 aliphatic rings. The fraction of sp³-hybridized carbons (Fsp3) is 0.250. The summed E-state index contributed by atoms with van der Waals surface area (Å²) in [7, 11) is -4.09. The van der Waals surface area contributed by atoms with Crippen LogP contribution < -0.4 is 4.72 Å². The van der Waals surface area contributed by atoms with E-state index in [1.807, 2.05) is 19.9 Å². The van der Waals surface area contributed by atoms with Crippen molar-refractivity contribution in [1.29, 1.82) is 0 Å². The molecule has 2 aromatic rings. The maximum Gasteiger partial charge on any atom is 0.416 e. The number of alkyl halides is 3. The number of benzene rings is 2. The van der Waals surface area contributed by atoms with Gasteiger partial charge in [-0.25, -0.2) is 8.42 Å². The Hall–Kier alpha value is -2.02. The molecule has 3 nitrogen and oxygen atoms in total. The summed E-state index contributed by atoms with van der Waals surface area (Å²) in [6.45, 7) is 3.92. The van der Waals surface area contributed by atoms with E-state index in [1.54, 1.807) is 18.2 Å². The van der Waals surface area contributed by atoms with Crippen molar-refractivity contribution >= 4 is 15.7 Å². The minimum atomic E-state index is -4.59. The third-order valence-electron chi connectivity index (χ3n) is 3.28. The molecule has 0 fully saturated rings. The third-order valence-corrected chi connectivity index (χ3v) is 4.66. The molecule has 0 amide bonds. The van der Waals surface area contributed by atoms with Crippen LogP contribution in [0.15, 0.2) is 53.4 Å². The van der Waals surface area contributed by atoms with Crippen LogP contribution in [0.4, 0.5) is 18.9 Å². The molecule has 124 valence electrons. The summed E-state index contributed by atoms with van der Waals surface area (Å²) < 4.78 is 65.0. The van der Waals surface area contributed by atoms with Crippen LogP contribution in [0.1, 0.15) is 30.9 Å². The van der Waals surface area contributed by atoms with Crippen molar-refractivity contribution in [3.8, 4) is 0 Å². The molecule has 0 unspecified atom stereocenters. The number of halogens is 3. The van der Waals surface area contributed by atoms with E-state index in [1.165, 1.54) is 0 Å². The summed E-state index contributed by atoms with van der Waals surface area (Å²) in [6.07, 6.45) is -4.59. The van der Waals surface area contributed by atoms with Gasteiger partial charge >= 0.3 is 6.18 Å². The maximum absolute atomic E-state index is 12.7. The number of sulfonamides is 1. The fourth-order valence-corrected chi connectivity index (χ4v) is 3.11. The van der Waals surface area contributed by atoms with Gasteiger partial charge in [-0.3, -0.25) is 4.72 Å². The van der Waals surface area contributed by atoms with Gasteiger partial charge in [0, 0.05) is 5.69 Å². The highest BCUT2D eigenvalue weighted by Crippen LogP contribution is 2.31. The third kappa shape index (κ3) is 4.25. The highest BCUT2D eigenvalue weighted by atomic mass is 32.2. The topological polar surface area (TPSA) is 46.2 Å². The molecule has 0 radical (unpaired) electrons. The standard InChI is InChI=1S/C16H16F3NO2S/c1-11(2)12-5-3-7-14(9-12)20-23(21,22)15-8-4-6-13(10-15)16(17,18)19/h3-11,20H,1-2H3. The van der Waals surface area contributed by atoms with Gasteiger partial charge in [-0.15, -0.1) is 0 Å². The molecule has 0 spiro atoms. The first-order chi connectivity index (χ1) is 10.6. The zero-order valence-electron chi connectivity index (χ0n) is 12.6. The van der Waals surface area contributed by atoms with Crippen LogP contribution >= 0.6 is 0 Å². The van der Waals surface area contributed by atoms with Crippen molar-refractivity contribution in [3.05, 3.63) is 59.7 Å². The molecule has 2 rings (SSSR count). The normalized spacial score (nSPS) is 12.4. The van der Waals surface area contributed by atoms with Crippen LogP contribution in [0.3, 0.4) is 0 Å². The quantitative estimate of drug-likeness (QED) is 0.880. The Morgan fingerprint density at radius 2 is 1.65 bits per heavy atom. The Kier molecular flexibility index (Phi) is 4.70. The molecule has 1 N–H and O–H groups in total. The van der Waals surface area contributed by atoms with Crippen molar-refractivity contribution < 1.29 is 21.6 Å². The van der Waals surface area contributed by atoms with Crippen molar-refractivity contribution in [2.75, 3.05) is 4.72 Å². The van der Waals surface area contributed by atoms with Crippen molar-refractivity contribution in [2.24, 2.45) is 0 Å². The van der Waals surface area contributed by atoms with Gasteiger partial charge in [0.15, 0.2) is 0 Å². The van der Waals surface area contributed by atoms with E-state index in [0.29, 0.717) is 11.8 Å². The van der Waals surface area contributed by atoms with Gasteiger partial charge in [0.25, 0.3) is 10.0 Å². The summed E-state index contributed by atoms with van der Waals surface area (Å²) >= 11 is 0. The SMILES string of the molecule is CC(C)c1cccc(NS(=O)(=O)c2cccc(C(F)(F)F)c2)c1. The second kappa shape index (κ2) is 6.23. The zero-order valence-corrected chi connectivity index (χ0v) is 13.4. The molecular formula is C16H16F3NO2S. The van der Waals surface area contributed by atoms with E-state index in [0.717, 1.165) is 23.8 Å². The molecule has 0 saturated heterocycles. The van der Waals surface area contributed by atoms with E-state index in [2.05, 4.69) is 4.72 Å². The molecule has 0 heterocycles. The molecule has 0 atom stereocenters. The zero-order chi connectivity index (χ0) is 17.3. The van der Waals surface area contributed by atoms with Crippen LogP contribution in [-0.4, -0.2) is 8.42 Å². The first-order valence-electron chi connectivity index (χ1n) is 6.89. The number of rotatable bonds is 4. The van der Waals surface area contributed by atoms with E-state index >= 15 is 0 Å². The predicted octanol–water partition coefficient (Wildman–Crippen LogP) is 4.63. The largest absolute Gasteiger partial charge is 0.416 e. The first kappa shape index (κ1) is 17.3. The molecule has 0 aliphatic carbocycles. The van der Waals surface area contributed by atoms with Gasteiger partial charge < -0.3 is 0 Å². The molecule has 0 aliphatic heterocycles. The van der Waals surface area contributed by atoms with Gasteiger partial charge in [-0.05, 0) is 41.8 Å². The summed E-state index contributed by atoms with van der Waals surface area (Å²) in [6, 6.07) is 10.4. The van der Waals surface area contributed by atoms with Gasteiger partial charge in [0.2, 0.25) is 0 Å². The summed E-state index contributed by atoms with van der Waals surface area (Å²) in [4.78, 5) is -0.428. The van der Waals surface area contributed by atoms with Crippen molar-refractivity contribution in [2.45, 2.75) is 30.8 Å². The lowest BCUT2D eigenvalue weighted by atomic mass is 10.0. The van der Waals surface area contributed by atoms with E-state index < -0.39 is 26.7 Å². The van der Waals surface area contributed by atoms with Crippen LogP contribution in [-0.2, 0) is 16.2 Å². The average Bonchev–Trinajstić information content (AvgIpc) is 2.46. The molecule has 0 aromatic heterocycles. The number of anilines is 1. The van der Waals surface area contributed by atoms with E-state index in [4.69, 9.17) is 0 Å². The highest BCUT2D eigenvalue weighted by molar-refractivity contribution is 7.92. The lowest BCUT2D eigenvalue weighted by Crippen LogP contribution is -2.14. The van der Waals surface area contributed by atoms with Crippen LogP contribution in [0.5, 0.6) is 0 Å². The van der Waals surface area contributed by atoms with E-state index in [-0.39, 0.29) is 5.92 Å². The minimum absolute atomic E-state index is 0.202. The molecule has 0 saturated carbocycles. The van der Waals surface area contributed by atoms with Gasteiger partial charge in [0.05, 0.1) is 10.5 Å². The van der Waals surface area contributed by atoms with Gasteiger partial charge in [0.1, 0.15) is 0 Å². The summed E-state index contributed by atoms with van der Waals surface area (Å²) in [5.41, 5.74) is 0.235. The monoisotopic (exact) mass is 343 g/mol. The minimum Gasteiger partial charge on any atom is -0.280 e. The van der Waals surface area contributed by atoms with E-state index in [9.17, 15) is 21.6 Å². The van der Waals surface area contributed by atoms with Gasteiger partial charge in [-0.1, -0.05) is 32.0 Å². The number of nitrogens with one attached hydrogen (secondary N) is 1. The van der Waals surface area contributed by atoms with Gasteiger partial charge in [-0.2, -0.15) is 13.2 Å². The average molecular weight is 343 g/mol. The smallest absolute Gasteiger partial charge is 0.280 e. The molecule has 0 bridgehead atoms. The molecule has 23 heavy (non-hydrogen) atoms. The predicted molar refractivity (Wildman–Crippen MR) is 82.8 cm³/mol. The Balaban J connectivity index is 2.34. The van der Waals surface area contributed by atoms with Crippen LogP contribution in [0, 0.1) is 0 Å². The Morgan fingerprint density at radius 3 is 2.26 bits per heavy atom. The number of hydrogen-bond donors (Lipinski definition) is 1. The maximum atomic E-state index is 12.7. The molecular weight excluding hydrogens is 327 g/mol. The lowest BCUT2D eigenvalue weighted by molar-refractivity contribution is -0.137. The first-order valence-corrected chi connectivity index (χ1v) is 8.38. The van der Waals surface area contributed by atoms with Crippen LogP contribution in [0.25, 0.3) is 0 Å². The van der Waals surface area contributed by atoms with Crippen molar-refractivity contribution in [1.82, 2.24) is 0 Å². The number of hydrogen-bond acceptors (Lipinski definition) is 2. The second-order valence-corrected chi connectivity index (χ2v) is 7.09. The second-order valence-electron chi connectivity index (χ2n) is 5.41. The Labute approximate surface area is 133 Å². The fourth-order valence-electron chi connectivity index (χ4n) is 2.01. The van der Waals surface area contributed by atoms with Crippen LogP contribution in [0.2, 0.25) is 0 Å². The van der Waals surface area contributed by atoms with Crippen molar-refractivity contribution in [3.63, 3.8) is 0 Å². The highest BCUT2D eigenvalue weighted by Gasteiger charge is 2.31. The Bertz CT molecular complexity index is 799. The summed E-state index contributed by atoms with van der Waals surface area (Å²) in [5, 5.41) is 0.